The molecule has 37 heavy (non-hydrogen) atoms. The molecule has 4 heterocycles. The summed E-state index contributed by atoms with van der Waals surface area (Å²) in [6.07, 6.45) is 2.40. The van der Waals surface area contributed by atoms with Crippen LogP contribution in [-0.2, 0) is 26.4 Å². The van der Waals surface area contributed by atoms with Gasteiger partial charge in [-0.15, -0.1) is 11.3 Å². The molecule has 0 spiro atoms. The van der Waals surface area contributed by atoms with Crippen LogP contribution < -0.4 is 11.2 Å². The Kier molecular flexibility index (Phi) is 6.57. The Labute approximate surface area is 219 Å². The maximum absolute atomic E-state index is 13.9. The second-order valence-corrected chi connectivity index (χ2v) is 10.6. The number of carboxylic acids is 1. The molecule has 0 radical (unpaired) electrons. The molecule has 0 aliphatic carbocycles. The second-order valence-electron chi connectivity index (χ2n) is 9.21. The van der Waals surface area contributed by atoms with Crippen LogP contribution in [0.3, 0.4) is 0 Å². The van der Waals surface area contributed by atoms with Crippen molar-refractivity contribution < 1.29 is 23.8 Å². The molecule has 10 nitrogen and oxygen atoms in total. The first-order valence-electron chi connectivity index (χ1n) is 11.6. The van der Waals surface area contributed by atoms with Gasteiger partial charge in [0.15, 0.2) is 6.29 Å². The van der Waals surface area contributed by atoms with Crippen molar-refractivity contribution >= 4 is 39.1 Å². The van der Waals surface area contributed by atoms with E-state index in [4.69, 9.17) is 25.5 Å². The van der Waals surface area contributed by atoms with Crippen molar-refractivity contribution in [2.24, 2.45) is 0 Å². The molecule has 1 aliphatic rings. The molecule has 3 aromatic heterocycles. The van der Waals surface area contributed by atoms with Crippen molar-refractivity contribution in [2.75, 3.05) is 6.61 Å². The van der Waals surface area contributed by atoms with E-state index in [0.717, 1.165) is 4.57 Å². The summed E-state index contributed by atoms with van der Waals surface area (Å²) in [7, 11) is 0. The summed E-state index contributed by atoms with van der Waals surface area (Å²) in [5.74, 6) is -1.02. The van der Waals surface area contributed by atoms with Gasteiger partial charge in [-0.2, -0.15) is 0 Å². The normalized spacial score (nSPS) is 16.6. The third-order valence-electron chi connectivity index (χ3n) is 6.50. The predicted octanol–water partition coefficient (Wildman–Crippen LogP) is 4.17. The molecule has 0 bridgehead atoms. The Hall–Kier alpha value is -3.25. The van der Waals surface area contributed by atoms with Gasteiger partial charge in [0.2, 0.25) is 5.89 Å². The summed E-state index contributed by atoms with van der Waals surface area (Å²) in [6.45, 7) is 4.87. The highest BCUT2D eigenvalue weighted by molar-refractivity contribution is 7.22. The number of aromatic nitrogens is 3. The van der Waals surface area contributed by atoms with Gasteiger partial charge in [-0.3, -0.25) is 9.36 Å². The van der Waals surface area contributed by atoms with Gasteiger partial charge in [0.25, 0.3) is 5.56 Å². The standard InChI is InChI=1S/C25H24ClN3O7S/c1-13-18-21(30)29(25(2,3)23(31)32)24(33)28(22(18)37-19(13)20-27-9-11-35-20)12-16(36-17-8-10-34-17)14-6-4-5-7-15(14)26/h4-7,9,11,16-17H,8,10,12H2,1-3H3,(H,31,32)/t16-,17?/m1/s1. The maximum Gasteiger partial charge on any atom is 0.333 e. The van der Waals surface area contributed by atoms with E-state index in [1.807, 2.05) is 6.07 Å². The molecule has 1 aromatic carbocycles. The van der Waals surface area contributed by atoms with Crippen molar-refractivity contribution in [1.29, 1.82) is 0 Å². The number of halogens is 1. The van der Waals surface area contributed by atoms with Crippen molar-refractivity contribution in [1.82, 2.24) is 14.1 Å². The molecule has 2 atom stereocenters. The summed E-state index contributed by atoms with van der Waals surface area (Å²) in [5, 5.41) is 10.6. The molecule has 1 saturated heterocycles. The number of nitrogens with zero attached hydrogens (tertiary/aromatic N) is 3. The number of hydrogen-bond acceptors (Lipinski definition) is 8. The van der Waals surface area contributed by atoms with Gasteiger partial charge >= 0.3 is 11.7 Å². The minimum Gasteiger partial charge on any atom is -0.480 e. The van der Waals surface area contributed by atoms with Gasteiger partial charge in [0, 0.05) is 17.0 Å². The fourth-order valence-corrected chi connectivity index (χ4v) is 5.76. The largest absolute Gasteiger partial charge is 0.480 e. The minimum absolute atomic E-state index is 0.0418. The van der Waals surface area contributed by atoms with Crippen LogP contribution in [-0.4, -0.2) is 38.1 Å². The number of oxazole rings is 1. The van der Waals surface area contributed by atoms with Crippen LogP contribution in [0.5, 0.6) is 0 Å². The molecule has 4 aromatic rings. The van der Waals surface area contributed by atoms with Crippen LogP contribution in [0.15, 0.2) is 50.7 Å². The average Bonchev–Trinajstić information content (AvgIpc) is 3.46. The van der Waals surface area contributed by atoms with Crippen LogP contribution in [0, 0.1) is 6.92 Å². The van der Waals surface area contributed by atoms with Crippen LogP contribution in [0.4, 0.5) is 0 Å². The quantitative estimate of drug-likeness (QED) is 0.350. The van der Waals surface area contributed by atoms with E-state index >= 15 is 0 Å². The number of carbonyl (C=O) groups is 1. The molecular formula is C25H24ClN3O7S. The Morgan fingerprint density at radius 1 is 1.35 bits per heavy atom. The number of aliphatic carboxylic acids is 1. The van der Waals surface area contributed by atoms with E-state index in [2.05, 4.69) is 4.98 Å². The zero-order valence-electron chi connectivity index (χ0n) is 20.3. The summed E-state index contributed by atoms with van der Waals surface area (Å²) < 4.78 is 19.3. The van der Waals surface area contributed by atoms with Crippen LogP contribution in [0.1, 0.15) is 37.5 Å². The molecule has 1 N–H and O–H groups in total. The number of carboxylic acid groups (broad SMARTS) is 1. The lowest BCUT2D eigenvalue weighted by atomic mass is 10.1. The maximum atomic E-state index is 13.9. The predicted molar refractivity (Wildman–Crippen MR) is 137 cm³/mol. The molecule has 5 rings (SSSR count). The Morgan fingerprint density at radius 2 is 2.08 bits per heavy atom. The van der Waals surface area contributed by atoms with E-state index in [0.29, 0.717) is 44.8 Å². The van der Waals surface area contributed by atoms with Gasteiger partial charge in [-0.1, -0.05) is 29.8 Å². The fraction of sp³-hybridized carbons (Fsp3) is 0.360. The average molecular weight is 546 g/mol. The lowest BCUT2D eigenvalue weighted by Gasteiger charge is -2.32. The topological polar surface area (TPSA) is 126 Å². The Morgan fingerprint density at radius 3 is 2.68 bits per heavy atom. The molecular weight excluding hydrogens is 522 g/mol. The zero-order chi connectivity index (χ0) is 26.5. The molecule has 0 saturated carbocycles. The monoisotopic (exact) mass is 545 g/mol. The van der Waals surface area contributed by atoms with E-state index in [1.165, 1.54) is 42.2 Å². The highest BCUT2D eigenvalue weighted by Gasteiger charge is 2.36. The van der Waals surface area contributed by atoms with Gasteiger partial charge in [-0.25, -0.2) is 19.1 Å². The molecule has 1 fully saturated rings. The Bertz CT molecular complexity index is 1600. The number of rotatable bonds is 8. The molecule has 1 aliphatic heterocycles. The lowest BCUT2D eigenvalue weighted by Crippen LogP contribution is -2.52. The van der Waals surface area contributed by atoms with Gasteiger partial charge in [-0.05, 0) is 32.4 Å². The second kappa shape index (κ2) is 9.56. The highest BCUT2D eigenvalue weighted by Crippen LogP contribution is 2.37. The fourth-order valence-electron chi connectivity index (χ4n) is 4.26. The third kappa shape index (κ3) is 4.31. The third-order valence-corrected chi connectivity index (χ3v) is 8.14. The van der Waals surface area contributed by atoms with Gasteiger partial charge in [0.05, 0.1) is 29.6 Å². The summed E-state index contributed by atoms with van der Waals surface area (Å²) in [5.41, 5.74) is -2.13. The summed E-state index contributed by atoms with van der Waals surface area (Å²) in [4.78, 5) is 44.8. The first kappa shape index (κ1) is 25.4. The first-order valence-corrected chi connectivity index (χ1v) is 12.7. The van der Waals surface area contributed by atoms with E-state index in [9.17, 15) is 19.5 Å². The number of thiophene rings is 1. The molecule has 1 unspecified atom stereocenters. The van der Waals surface area contributed by atoms with E-state index in [-0.39, 0.29) is 11.9 Å². The summed E-state index contributed by atoms with van der Waals surface area (Å²) in [6, 6.07) is 7.11. The molecule has 0 amide bonds. The number of hydrogen-bond donors (Lipinski definition) is 1. The number of aryl methyl sites for hydroxylation is 1. The molecule has 12 heteroatoms. The highest BCUT2D eigenvalue weighted by atomic mass is 35.5. The first-order chi connectivity index (χ1) is 17.6. The van der Waals surface area contributed by atoms with Crippen molar-refractivity contribution in [3.05, 3.63) is 73.7 Å². The van der Waals surface area contributed by atoms with Crippen LogP contribution in [0.25, 0.3) is 21.0 Å². The van der Waals surface area contributed by atoms with Gasteiger partial charge in [0.1, 0.15) is 22.7 Å². The molecule has 194 valence electrons. The SMILES string of the molecule is Cc1c(-c2ncco2)sc2c1c(=O)n(C(C)(C)C(=O)O)c(=O)n2C[C@@H](OC1CCO1)c1ccccc1Cl. The smallest absolute Gasteiger partial charge is 0.333 e. The van der Waals surface area contributed by atoms with Crippen molar-refractivity contribution in [3.8, 4) is 10.8 Å². The van der Waals surface area contributed by atoms with E-state index in [1.54, 1.807) is 25.1 Å². The van der Waals surface area contributed by atoms with Crippen molar-refractivity contribution in [2.45, 2.75) is 51.7 Å². The van der Waals surface area contributed by atoms with Gasteiger partial charge < -0.3 is 19.0 Å². The zero-order valence-corrected chi connectivity index (χ0v) is 21.8. The van der Waals surface area contributed by atoms with Crippen molar-refractivity contribution in [3.63, 3.8) is 0 Å². The lowest BCUT2D eigenvalue weighted by molar-refractivity contribution is -0.239. The number of ether oxygens (including phenoxy) is 2. The van der Waals surface area contributed by atoms with Crippen LogP contribution >= 0.6 is 22.9 Å². The number of fused-ring (bicyclic) bond motifs is 1. The Balaban J connectivity index is 1.78. The number of benzene rings is 1. The van der Waals surface area contributed by atoms with Crippen LogP contribution in [0.2, 0.25) is 5.02 Å². The van der Waals surface area contributed by atoms with E-state index < -0.39 is 35.2 Å². The minimum atomic E-state index is -1.82. The summed E-state index contributed by atoms with van der Waals surface area (Å²) >= 11 is 7.67.